The Morgan fingerprint density at radius 1 is 1.00 bits per heavy atom. The van der Waals surface area contributed by atoms with Gasteiger partial charge in [0.1, 0.15) is 12.7 Å². The summed E-state index contributed by atoms with van der Waals surface area (Å²) < 4.78 is 18.1. The fourth-order valence-corrected chi connectivity index (χ4v) is 1.96. The normalized spacial score (nSPS) is 10.2. The van der Waals surface area contributed by atoms with Crippen molar-refractivity contribution < 1.29 is 19.0 Å². The summed E-state index contributed by atoms with van der Waals surface area (Å²) in [5.74, 6) is 1.09. The van der Waals surface area contributed by atoms with E-state index in [2.05, 4.69) is 15.6 Å². The largest absolute Gasteiger partial charge is 0.490 e. The second-order valence-corrected chi connectivity index (χ2v) is 4.41. The molecule has 2 aromatic rings. The number of carbonyl (C=O) groups excluding carboxylic acids is 1. The van der Waals surface area contributed by atoms with Gasteiger partial charge in [-0.3, -0.25) is 10.2 Å². The summed E-state index contributed by atoms with van der Waals surface area (Å²) in [4.78, 5) is 12.4. The second kappa shape index (κ2) is 8.02. The molecule has 1 N–H and O–H groups in total. The summed E-state index contributed by atoms with van der Waals surface area (Å²) in [7, 11) is 0. The van der Waals surface area contributed by atoms with E-state index in [0.29, 0.717) is 42.6 Å². The average molecular weight is 320 g/mol. The molecule has 23 heavy (non-hydrogen) atoms. The summed E-state index contributed by atoms with van der Waals surface area (Å²) in [5, 5.41) is 7.26. The number of nitrogens with one attached hydrogen (secondary N) is 1. The quantitative estimate of drug-likeness (QED) is 0.799. The molecule has 0 aliphatic heterocycles. The number of benzene rings is 1. The van der Waals surface area contributed by atoms with Gasteiger partial charge in [0.05, 0.1) is 19.8 Å². The highest BCUT2D eigenvalue weighted by Gasteiger charge is 2.18. The first kappa shape index (κ1) is 16.6. The molecule has 8 nitrogen and oxygen atoms in total. The molecule has 2 rings (SSSR count). The molecule has 0 unspecified atom stereocenters. The molecule has 124 valence electrons. The highest BCUT2D eigenvalue weighted by Crippen LogP contribution is 2.39. The first-order valence-corrected chi connectivity index (χ1v) is 7.41. The monoisotopic (exact) mass is 320 g/mol. The molecule has 0 bridgehead atoms. The zero-order valence-electron chi connectivity index (χ0n) is 13.4. The van der Waals surface area contributed by atoms with Crippen molar-refractivity contribution in [1.82, 2.24) is 14.9 Å². The highest BCUT2D eigenvalue weighted by atomic mass is 16.5. The smallest absolute Gasteiger partial charge is 0.270 e. The van der Waals surface area contributed by atoms with Gasteiger partial charge in [0.25, 0.3) is 5.91 Å². The van der Waals surface area contributed by atoms with Gasteiger partial charge >= 0.3 is 0 Å². The van der Waals surface area contributed by atoms with Crippen molar-refractivity contribution in [3.05, 3.63) is 30.4 Å². The van der Waals surface area contributed by atoms with Gasteiger partial charge in [-0.2, -0.15) is 0 Å². The molecular formula is C15H20N4O4. The molecule has 0 fully saturated rings. The predicted molar refractivity (Wildman–Crippen MR) is 83.7 cm³/mol. The first-order valence-electron chi connectivity index (χ1n) is 7.41. The number of carbonyl (C=O) groups is 1. The maximum atomic E-state index is 12.4. The Balaban J connectivity index is 2.36. The molecule has 0 aliphatic carbocycles. The molecular weight excluding hydrogens is 300 g/mol. The fourth-order valence-electron chi connectivity index (χ4n) is 1.96. The number of hydrogen-bond donors (Lipinski definition) is 1. The minimum absolute atomic E-state index is 0.338. The third-order valence-electron chi connectivity index (χ3n) is 2.82. The average Bonchev–Trinajstić information content (AvgIpc) is 3.03. The molecule has 0 saturated heterocycles. The van der Waals surface area contributed by atoms with Crippen LogP contribution in [0.1, 0.15) is 31.1 Å². The Hall–Kier alpha value is -2.77. The van der Waals surface area contributed by atoms with Gasteiger partial charge in [-0.15, -0.1) is 10.2 Å². The summed E-state index contributed by atoms with van der Waals surface area (Å²) in [5.41, 5.74) is 3.01. The lowest BCUT2D eigenvalue weighted by molar-refractivity contribution is 0.101. The minimum atomic E-state index is -0.338. The van der Waals surface area contributed by atoms with Gasteiger partial charge < -0.3 is 14.2 Å². The molecule has 0 saturated carbocycles. The number of nitrogens with zero attached hydrogens (tertiary/aromatic N) is 3. The Bertz CT molecular complexity index is 616. The van der Waals surface area contributed by atoms with Crippen LogP contribution in [-0.2, 0) is 0 Å². The molecule has 1 aromatic heterocycles. The lowest BCUT2D eigenvalue weighted by Crippen LogP contribution is -2.21. The fraction of sp³-hybridized carbons (Fsp3) is 0.400. The predicted octanol–water partition coefficient (Wildman–Crippen LogP) is 1.86. The molecule has 1 heterocycles. The molecule has 0 atom stereocenters. The van der Waals surface area contributed by atoms with Crippen molar-refractivity contribution >= 4 is 5.91 Å². The summed E-state index contributed by atoms with van der Waals surface area (Å²) in [6.07, 6.45) is 2.78. The Labute approximate surface area is 134 Å². The number of aromatic nitrogens is 3. The first-order chi connectivity index (χ1) is 11.2. The van der Waals surface area contributed by atoms with Crippen molar-refractivity contribution in [3.63, 3.8) is 0 Å². The topological polar surface area (TPSA) is 87.5 Å². The Morgan fingerprint density at radius 3 is 2.00 bits per heavy atom. The van der Waals surface area contributed by atoms with Crippen LogP contribution in [0.15, 0.2) is 24.8 Å². The van der Waals surface area contributed by atoms with E-state index in [-0.39, 0.29) is 5.91 Å². The van der Waals surface area contributed by atoms with Crippen molar-refractivity contribution in [2.75, 3.05) is 25.2 Å². The lowest BCUT2D eigenvalue weighted by atomic mass is 10.1. The minimum Gasteiger partial charge on any atom is -0.490 e. The molecule has 1 amide bonds. The summed E-state index contributed by atoms with van der Waals surface area (Å²) in [6.45, 7) is 6.95. The van der Waals surface area contributed by atoms with E-state index in [9.17, 15) is 4.79 Å². The van der Waals surface area contributed by atoms with E-state index in [4.69, 9.17) is 14.2 Å². The number of ether oxygens (including phenoxy) is 3. The Morgan fingerprint density at radius 2 is 1.52 bits per heavy atom. The van der Waals surface area contributed by atoms with Crippen LogP contribution in [0.4, 0.5) is 0 Å². The number of amides is 1. The molecule has 0 radical (unpaired) electrons. The van der Waals surface area contributed by atoms with Crippen LogP contribution in [0.2, 0.25) is 0 Å². The van der Waals surface area contributed by atoms with Crippen LogP contribution in [0, 0.1) is 0 Å². The highest BCUT2D eigenvalue weighted by molar-refractivity contribution is 6.01. The molecule has 0 spiro atoms. The van der Waals surface area contributed by atoms with E-state index in [1.165, 1.54) is 17.3 Å². The van der Waals surface area contributed by atoms with E-state index in [1.807, 2.05) is 20.8 Å². The van der Waals surface area contributed by atoms with Crippen molar-refractivity contribution in [2.24, 2.45) is 0 Å². The summed E-state index contributed by atoms with van der Waals surface area (Å²) >= 11 is 0. The maximum Gasteiger partial charge on any atom is 0.270 e. The molecule has 0 aliphatic rings. The number of hydrogen-bond acceptors (Lipinski definition) is 6. The van der Waals surface area contributed by atoms with Crippen LogP contribution in [-0.4, -0.2) is 40.6 Å². The van der Waals surface area contributed by atoms with E-state index in [0.717, 1.165) is 0 Å². The van der Waals surface area contributed by atoms with Crippen LogP contribution >= 0.6 is 0 Å². The van der Waals surface area contributed by atoms with E-state index < -0.39 is 0 Å². The van der Waals surface area contributed by atoms with Gasteiger partial charge in [0.2, 0.25) is 5.75 Å². The van der Waals surface area contributed by atoms with Crippen molar-refractivity contribution in [1.29, 1.82) is 0 Å². The van der Waals surface area contributed by atoms with Gasteiger partial charge in [-0.1, -0.05) is 0 Å². The standard InChI is InChI=1S/C15H20N4O4/c1-4-21-12-7-11(15(20)18-19-9-16-17-10-19)8-13(22-5-2)14(12)23-6-3/h7-10H,4-6H2,1-3H3,(H,18,20). The SMILES string of the molecule is CCOc1cc(C(=O)Nn2cnnc2)cc(OCC)c1OCC. The maximum absolute atomic E-state index is 12.4. The molecule has 1 aromatic carbocycles. The third kappa shape index (κ3) is 4.12. The lowest BCUT2D eigenvalue weighted by Gasteiger charge is -2.17. The number of rotatable bonds is 8. The van der Waals surface area contributed by atoms with Gasteiger partial charge in [-0.05, 0) is 32.9 Å². The van der Waals surface area contributed by atoms with Crippen LogP contribution in [0.25, 0.3) is 0 Å². The zero-order chi connectivity index (χ0) is 16.7. The van der Waals surface area contributed by atoms with Gasteiger partial charge in [0.15, 0.2) is 11.5 Å². The summed E-state index contributed by atoms with van der Waals surface area (Å²) in [6, 6.07) is 3.24. The van der Waals surface area contributed by atoms with Crippen LogP contribution in [0.5, 0.6) is 17.2 Å². The second-order valence-electron chi connectivity index (χ2n) is 4.41. The van der Waals surface area contributed by atoms with Crippen LogP contribution in [0.3, 0.4) is 0 Å². The van der Waals surface area contributed by atoms with Crippen molar-refractivity contribution in [3.8, 4) is 17.2 Å². The van der Waals surface area contributed by atoms with Gasteiger partial charge in [-0.25, -0.2) is 4.68 Å². The van der Waals surface area contributed by atoms with E-state index >= 15 is 0 Å². The van der Waals surface area contributed by atoms with Gasteiger partial charge in [0, 0.05) is 5.56 Å². The molecule has 8 heteroatoms. The Kier molecular flexibility index (Phi) is 5.79. The van der Waals surface area contributed by atoms with E-state index in [1.54, 1.807) is 12.1 Å². The van der Waals surface area contributed by atoms with Crippen LogP contribution < -0.4 is 19.6 Å². The van der Waals surface area contributed by atoms with Crippen molar-refractivity contribution in [2.45, 2.75) is 20.8 Å². The zero-order valence-corrected chi connectivity index (χ0v) is 13.4. The third-order valence-corrected chi connectivity index (χ3v) is 2.82.